The summed E-state index contributed by atoms with van der Waals surface area (Å²) in [6.07, 6.45) is 2.01. The standard InChI is InChI=1S/C12H19N3O/c1-8-11(6-5-7-13-4)9(2)15-12(14-8)10(3)16/h13H,5-7H2,1-4H3. The molecule has 4 nitrogen and oxygen atoms in total. The second-order valence-electron chi connectivity index (χ2n) is 3.96. The zero-order valence-electron chi connectivity index (χ0n) is 10.4. The minimum absolute atomic E-state index is 0.0759. The molecule has 0 aliphatic rings. The van der Waals surface area contributed by atoms with Gasteiger partial charge in [0.15, 0.2) is 11.6 Å². The van der Waals surface area contributed by atoms with Gasteiger partial charge in [0.2, 0.25) is 0 Å². The number of aromatic nitrogens is 2. The van der Waals surface area contributed by atoms with Crippen LogP contribution in [-0.4, -0.2) is 29.3 Å². The Hall–Kier alpha value is -1.29. The van der Waals surface area contributed by atoms with Gasteiger partial charge in [-0.15, -0.1) is 0 Å². The van der Waals surface area contributed by atoms with Crippen molar-refractivity contribution in [2.45, 2.75) is 33.6 Å². The summed E-state index contributed by atoms with van der Waals surface area (Å²) in [4.78, 5) is 19.6. The maximum Gasteiger partial charge on any atom is 0.196 e. The maximum absolute atomic E-state index is 11.2. The first-order valence-electron chi connectivity index (χ1n) is 5.56. The largest absolute Gasteiger partial charge is 0.320 e. The number of rotatable bonds is 5. The third kappa shape index (κ3) is 3.10. The molecule has 1 heterocycles. The number of aryl methyl sites for hydroxylation is 2. The van der Waals surface area contributed by atoms with E-state index in [2.05, 4.69) is 15.3 Å². The molecule has 0 bridgehead atoms. The van der Waals surface area contributed by atoms with E-state index in [1.54, 1.807) is 0 Å². The molecule has 0 aliphatic heterocycles. The zero-order valence-corrected chi connectivity index (χ0v) is 10.4. The first kappa shape index (κ1) is 12.8. The Kier molecular flexibility index (Phi) is 4.55. The number of carbonyl (C=O) groups excluding carboxylic acids is 1. The van der Waals surface area contributed by atoms with E-state index < -0.39 is 0 Å². The van der Waals surface area contributed by atoms with E-state index in [0.717, 1.165) is 30.8 Å². The van der Waals surface area contributed by atoms with Crippen molar-refractivity contribution in [1.82, 2.24) is 15.3 Å². The molecule has 0 unspecified atom stereocenters. The van der Waals surface area contributed by atoms with Crippen molar-refractivity contribution in [3.63, 3.8) is 0 Å². The van der Waals surface area contributed by atoms with Crippen molar-refractivity contribution in [3.8, 4) is 0 Å². The molecule has 0 amide bonds. The topological polar surface area (TPSA) is 54.9 Å². The summed E-state index contributed by atoms with van der Waals surface area (Å²) >= 11 is 0. The Bertz CT molecular complexity index is 365. The lowest BCUT2D eigenvalue weighted by Crippen LogP contribution is -2.12. The van der Waals surface area contributed by atoms with Crippen LogP contribution in [-0.2, 0) is 6.42 Å². The van der Waals surface area contributed by atoms with Crippen molar-refractivity contribution >= 4 is 5.78 Å². The van der Waals surface area contributed by atoms with Crippen LogP contribution in [0.1, 0.15) is 40.9 Å². The number of Topliss-reactive ketones (excluding diaryl/α,β-unsaturated/α-hetero) is 1. The number of ketones is 1. The Morgan fingerprint density at radius 3 is 2.25 bits per heavy atom. The third-order valence-corrected chi connectivity index (χ3v) is 2.59. The second kappa shape index (κ2) is 5.70. The number of nitrogens with zero attached hydrogens (tertiary/aromatic N) is 2. The Morgan fingerprint density at radius 2 is 1.81 bits per heavy atom. The molecule has 1 aromatic heterocycles. The first-order valence-corrected chi connectivity index (χ1v) is 5.56. The fraction of sp³-hybridized carbons (Fsp3) is 0.583. The predicted octanol–water partition coefficient (Wildman–Crippen LogP) is 1.45. The molecule has 1 N–H and O–H groups in total. The van der Waals surface area contributed by atoms with Gasteiger partial charge in [-0.1, -0.05) is 0 Å². The number of hydrogen-bond donors (Lipinski definition) is 1. The minimum atomic E-state index is -0.0759. The maximum atomic E-state index is 11.2. The van der Waals surface area contributed by atoms with Crippen LogP contribution in [0, 0.1) is 13.8 Å². The third-order valence-electron chi connectivity index (χ3n) is 2.59. The van der Waals surface area contributed by atoms with Crippen LogP contribution in [0.3, 0.4) is 0 Å². The molecule has 1 rings (SSSR count). The highest BCUT2D eigenvalue weighted by Gasteiger charge is 2.10. The average molecular weight is 221 g/mol. The van der Waals surface area contributed by atoms with Crippen LogP contribution in [0.5, 0.6) is 0 Å². The van der Waals surface area contributed by atoms with Crippen molar-refractivity contribution < 1.29 is 4.79 Å². The van der Waals surface area contributed by atoms with Gasteiger partial charge in [0, 0.05) is 18.3 Å². The van der Waals surface area contributed by atoms with Crippen molar-refractivity contribution in [2.24, 2.45) is 0 Å². The van der Waals surface area contributed by atoms with Crippen LogP contribution in [0.2, 0.25) is 0 Å². The van der Waals surface area contributed by atoms with Gasteiger partial charge in [-0.2, -0.15) is 0 Å². The fourth-order valence-electron chi connectivity index (χ4n) is 1.70. The molecule has 4 heteroatoms. The molecule has 0 aliphatic carbocycles. The molecule has 16 heavy (non-hydrogen) atoms. The Labute approximate surface area is 96.5 Å². The van der Waals surface area contributed by atoms with E-state index in [1.165, 1.54) is 12.5 Å². The minimum Gasteiger partial charge on any atom is -0.320 e. The van der Waals surface area contributed by atoms with Crippen LogP contribution in [0.4, 0.5) is 0 Å². The van der Waals surface area contributed by atoms with E-state index in [-0.39, 0.29) is 5.78 Å². The molecule has 0 saturated carbocycles. The van der Waals surface area contributed by atoms with Gasteiger partial charge in [0.25, 0.3) is 0 Å². The number of hydrogen-bond acceptors (Lipinski definition) is 4. The summed E-state index contributed by atoms with van der Waals surface area (Å²) in [6, 6.07) is 0. The van der Waals surface area contributed by atoms with E-state index in [1.807, 2.05) is 20.9 Å². The van der Waals surface area contributed by atoms with E-state index in [4.69, 9.17) is 0 Å². The number of nitrogens with one attached hydrogen (secondary N) is 1. The molecular formula is C12H19N3O. The lowest BCUT2D eigenvalue weighted by molar-refractivity contribution is 0.100. The predicted molar refractivity (Wildman–Crippen MR) is 63.8 cm³/mol. The lowest BCUT2D eigenvalue weighted by Gasteiger charge is -2.09. The lowest BCUT2D eigenvalue weighted by atomic mass is 10.1. The normalized spacial score (nSPS) is 10.5. The highest BCUT2D eigenvalue weighted by atomic mass is 16.1. The quantitative estimate of drug-likeness (QED) is 0.604. The smallest absolute Gasteiger partial charge is 0.196 e. The molecule has 0 spiro atoms. The van der Waals surface area contributed by atoms with Crippen molar-refractivity contribution in [3.05, 3.63) is 22.8 Å². The SMILES string of the molecule is CNCCCc1c(C)nc(C(C)=O)nc1C. The molecule has 1 aromatic rings. The molecule has 0 fully saturated rings. The Balaban J connectivity index is 2.89. The summed E-state index contributed by atoms with van der Waals surface area (Å²) < 4.78 is 0. The van der Waals surface area contributed by atoms with Gasteiger partial charge in [-0.05, 0) is 45.8 Å². The molecule has 0 aromatic carbocycles. The average Bonchev–Trinajstić information content (AvgIpc) is 2.21. The van der Waals surface area contributed by atoms with Gasteiger partial charge in [0.05, 0.1) is 0 Å². The van der Waals surface area contributed by atoms with Crippen molar-refractivity contribution in [1.29, 1.82) is 0 Å². The summed E-state index contributed by atoms with van der Waals surface area (Å²) in [5, 5.41) is 3.11. The molecular weight excluding hydrogens is 202 g/mol. The van der Waals surface area contributed by atoms with Crippen LogP contribution in [0.25, 0.3) is 0 Å². The van der Waals surface area contributed by atoms with Gasteiger partial charge in [-0.25, -0.2) is 9.97 Å². The van der Waals surface area contributed by atoms with Crippen molar-refractivity contribution in [2.75, 3.05) is 13.6 Å². The summed E-state index contributed by atoms with van der Waals surface area (Å²) in [6.45, 7) is 6.36. The molecule has 0 radical (unpaired) electrons. The van der Waals surface area contributed by atoms with Gasteiger partial charge in [0.1, 0.15) is 0 Å². The second-order valence-corrected chi connectivity index (χ2v) is 3.96. The monoisotopic (exact) mass is 221 g/mol. The van der Waals surface area contributed by atoms with Crippen LogP contribution in [0.15, 0.2) is 0 Å². The highest BCUT2D eigenvalue weighted by Crippen LogP contribution is 2.12. The molecule has 88 valence electrons. The van der Waals surface area contributed by atoms with Gasteiger partial charge in [-0.3, -0.25) is 4.79 Å². The molecule has 0 atom stereocenters. The van der Waals surface area contributed by atoms with Gasteiger partial charge < -0.3 is 5.32 Å². The fourth-order valence-corrected chi connectivity index (χ4v) is 1.70. The van der Waals surface area contributed by atoms with Crippen LogP contribution < -0.4 is 5.32 Å². The summed E-state index contributed by atoms with van der Waals surface area (Å²) in [5.74, 6) is 0.250. The molecule has 0 saturated heterocycles. The van der Waals surface area contributed by atoms with E-state index in [0.29, 0.717) is 5.82 Å². The van der Waals surface area contributed by atoms with Gasteiger partial charge >= 0.3 is 0 Å². The van der Waals surface area contributed by atoms with Crippen LogP contribution >= 0.6 is 0 Å². The summed E-state index contributed by atoms with van der Waals surface area (Å²) in [7, 11) is 1.94. The van der Waals surface area contributed by atoms with E-state index in [9.17, 15) is 4.79 Å². The summed E-state index contributed by atoms with van der Waals surface area (Å²) in [5.41, 5.74) is 3.02. The Morgan fingerprint density at radius 1 is 1.25 bits per heavy atom. The highest BCUT2D eigenvalue weighted by molar-refractivity contribution is 5.90. The first-order chi connectivity index (χ1) is 7.56. The zero-order chi connectivity index (χ0) is 12.1. The number of carbonyl (C=O) groups is 1. The van der Waals surface area contributed by atoms with E-state index >= 15 is 0 Å².